The summed E-state index contributed by atoms with van der Waals surface area (Å²) in [5, 5.41) is 9.38. The van der Waals surface area contributed by atoms with Gasteiger partial charge in [0.2, 0.25) is 0 Å². The van der Waals surface area contributed by atoms with E-state index in [1.165, 1.54) is 31.2 Å². The summed E-state index contributed by atoms with van der Waals surface area (Å²) in [6.45, 7) is 7.06. The molecule has 0 atom stereocenters. The molecule has 2 saturated carbocycles. The average molecular weight is 300 g/mol. The Morgan fingerprint density at radius 1 is 1.05 bits per heavy atom. The van der Waals surface area contributed by atoms with E-state index in [2.05, 4.69) is 45.0 Å². The summed E-state index contributed by atoms with van der Waals surface area (Å²) < 4.78 is 0. The fourth-order valence-electron chi connectivity index (χ4n) is 4.12. The van der Waals surface area contributed by atoms with Crippen LogP contribution >= 0.6 is 0 Å². The lowest BCUT2D eigenvalue weighted by molar-refractivity contribution is -0.140. The standard InChI is InChI=1S/C20H28O2/c1-19(2,3)16-8-4-14(5-9-16)15-6-10-17(11-7-15)20(12-13-20)18(21)22/h6-7,10-11,14,16H,4-5,8-9,12-13H2,1-3H3,(H,21,22). The predicted molar refractivity (Wildman–Crippen MR) is 89.1 cm³/mol. The molecule has 0 bridgehead atoms. The Bertz CT molecular complexity index is 538. The van der Waals surface area contributed by atoms with Crippen molar-refractivity contribution in [2.75, 3.05) is 0 Å². The van der Waals surface area contributed by atoms with Crippen molar-refractivity contribution in [2.24, 2.45) is 11.3 Å². The first-order chi connectivity index (χ1) is 10.3. The largest absolute Gasteiger partial charge is 0.481 e. The minimum absolute atomic E-state index is 0.425. The maximum atomic E-state index is 11.4. The smallest absolute Gasteiger partial charge is 0.314 e. The van der Waals surface area contributed by atoms with Gasteiger partial charge >= 0.3 is 5.97 Å². The van der Waals surface area contributed by atoms with Gasteiger partial charge in [-0.15, -0.1) is 0 Å². The number of carboxylic acid groups (broad SMARTS) is 1. The highest BCUT2D eigenvalue weighted by atomic mass is 16.4. The van der Waals surface area contributed by atoms with Crippen molar-refractivity contribution >= 4 is 5.97 Å². The summed E-state index contributed by atoms with van der Waals surface area (Å²) in [4.78, 5) is 11.4. The number of hydrogen-bond donors (Lipinski definition) is 1. The van der Waals surface area contributed by atoms with Gasteiger partial charge in [0.15, 0.2) is 0 Å². The summed E-state index contributed by atoms with van der Waals surface area (Å²) in [5.41, 5.74) is 2.25. The van der Waals surface area contributed by atoms with E-state index in [0.29, 0.717) is 11.3 Å². The molecule has 22 heavy (non-hydrogen) atoms. The van der Waals surface area contributed by atoms with Crippen molar-refractivity contribution in [3.05, 3.63) is 35.4 Å². The van der Waals surface area contributed by atoms with Crippen LogP contribution in [0.25, 0.3) is 0 Å². The Morgan fingerprint density at radius 3 is 2.00 bits per heavy atom. The van der Waals surface area contributed by atoms with E-state index in [1.54, 1.807) is 0 Å². The topological polar surface area (TPSA) is 37.3 Å². The van der Waals surface area contributed by atoms with Gasteiger partial charge in [-0.2, -0.15) is 0 Å². The Labute approximate surface area is 133 Å². The molecule has 3 rings (SSSR count). The van der Waals surface area contributed by atoms with Crippen LogP contribution in [0.15, 0.2) is 24.3 Å². The van der Waals surface area contributed by atoms with E-state index in [9.17, 15) is 9.90 Å². The predicted octanol–water partition coefficient (Wildman–Crippen LogP) is 5.12. The fraction of sp³-hybridized carbons (Fsp3) is 0.650. The molecule has 1 aromatic rings. The Morgan fingerprint density at radius 2 is 1.59 bits per heavy atom. The molecule has 2 fully saturated rings. The van der Waals surface area contributed by atoms with E-state index in [1.807, 2.05) is 0 Å². The van der Waals surface area contributed by atoms with Crippen molar-refractivity contribution in [2.45, 2.75) is 70.6 Å². The van der Waals surface area contributed by atoms with Gasteiger partial charge in [-0.05, 0) is 66.9 Å². The fourth-order valence-corrected chi connectivity index (χ4v) is 4.12. The van der Waals surface area contributed by atoms with Crippen LogP contribution in [-0.2, 0) is 10.2 Å². The number of carboxylic acids is 1. The Kier molecular flexibility index (Phi) is 3.82. The van der Waals surface area contributed by atoms with Gasteiger partial charge in [0.1, 0.15) is 0 Å². The molecule has 0 aromatic heterocycles. The summed E-state index contributed by atoms with van der Waals surface area (Å²) in [6, 6.07) is 8.49. The van der Waals surface area contributed by atoms with Gasteiger partial charge in [-0.3, -0.25) is 4.79 Å². The molecule has 0 heterocycles. The summed E-state index contributed by atoms with van der Waals surface area (Å²) in [6.07, 6.45) is 6.75. The van der Waals surface area contributed by atoms with Crippen molar-refractivity contribution in [1.29, 1.82) is 0 Å². The minimum Gasteiger partial charge on any atom is -0.481 e. The van der Waals surface area contributed by atoms with Crippen molar-refractivity contribution in [3.63, 3.8) is 0 Å². The molecule has 2 aliphatic rings. The third kappa shape index (κ3) is 2.80. The number of aliphatic carboxylic acids is 1. The molecular weight excluding hydrogens is 272 g/mol. The first-order valence-corrected chi connectivity index (χ1v) is 8.67. The first-order valence-electron chi connectivity index (χ1n) is 8.67. The number of hydrogen-bond acceptors (Lipinski definition) is 1. The van der Waals surface area contributed by atoms with Crippen LogP contribution in [0.4, 0.5) is 0 Å². The highest BCUT2D eigenvalue weighted by Gasteiger charge is 2.51. The van der Waals surface area contributed by atoms with Gasteiger partial charge in [-0.1, -0.05) is 45.0 Å². The van der Waals surface area contributed by atoms with Crippen LogP contribution in [0.3, 0.4) is 0 Å². The van der Waals surface area contributed by atoms with Crippen molar-refractivity contribution in [3.8, 4) is 0 Å². The lowest BCUT2D eigenvalue weighted by atomic mass is 9.68. The van der Waals surface area contributed by atoms with Gasteiger partial charge in [0.25, 0.3) is 0 Å². The minimum atomic E-state index is -0.661. The maximum Gasteiger partial charge on any atom is 0.314 e. The molecule has 1 N–H and O–H groups in total. The first kappa shape index (κ1) is 15.6. The van der Waals surface area contributed by atoms with Crippen LogP contribution < -0.4 is 0 Å². The lowest BCUT2D eigenvalue weighted by Gasteiger charge is -2.37. The van der Waals surface area contributed by atoms with E-state index < -0.39 is 11.4 Å². The summed E-state index contributed by atoms with van der Waals surface area (Å²) in [5.74, 6) is 0.836. The number of rotatable bonds is 3. The highest BCUT2D eigenvalue weighted by molar-refractivity contribution is 5.84. The molecule has 0 amide bonds. The number of benzene rings is 1. The molecule has 0 radical (unpaired) electrons. The van der Waals surface area contributed by atoms with E-state index in [4.69, 9.17) is 0 Å². The second kappa shape index (κ2) is 5.40. The van der Waals surface area contributed by atoms with Gasteiger partial charge in [0.05, 0.1) is 5.41 Å². The molecule has 1 aromatic carbocycles. The number of carbonyl (C=O) groups is 1. The van der Waals surface area contributed by atoms with Crippen LogP contribution in [0.1, 0.15) is 76.3 Å². The average Bonchev–Trinajstić information content (AvgIpc) is 3.28. The van der Waals surface area contributed by atoms with Gasteiger partial charge in [0, 0.05) is 0 Å². The van der Waals surface area contributed by atoms with Crippen molar-refractivity contribution < 1.29 is 9.90 Å². The lowest BCUT2D eigenvalue weighted by Crippen LogP contribution is -2.25. The molecule has 2 nitrogen and oxygen atoms in total. The second-order valence-corrected chi connectivity index (χ2v) is 8.42. The molecule has 2 heteroatoms. The SMILES string of the molecule is CC(C)(C)C1CCC(c2ccc(C3(C(=O)O)CC3)cc2)CC1. The van der Waals surface area contributed by atoms with Crippen LogP contribution in [0.2, 0.25) is 0 Å². The second-order valence-electron chi connectivity index (χ2n) is 8.42. The zero-order valence-electron chi connectivity index (χ0n) is 14.1. The van der Waals surface area contributed by atoms with Crippen molar-refractivity contribution in [1.82, 2.24) is 0 Å². The zero-order chi connectivity index (χ0) is 16.0. The molecule has 0 spiro atoms. The quantitative estimate of drug-likeness (QED) is 0.841. The van der Waals surface area contributed by atoms with Crippen LogP contribution in [0, 0.1) is 11.3 Å². The normalized spacial score (nSPS) is 27.4. The van der Waals surface area contributed by atoms with Crippen LogP contribution in [-0.4, -0.2) is 11.1 Å². The van der Waals surface area contributed by atoms with Gasteiger partial charge < -0.3 is 5.11 Å². The maximum absolute atomic E-state index is 11.4. The van der Waals surface area contributed by atoms with E-state index in [0.717, 1.165) is 24.3 Å². The molecule has 0 saturated heterocycles. The molecule has 2 aliphatic carbocycles. The Balaban J connectivity index is 1.66. The van der Waals surface area contributed by atoms with Gasteiger partial charge in [-0.25, -0.2) is 0 Å². The van der Waals surface area contributed by atoms with E-state index >= 15 is 0 Å². The molecule has 0 aliphatic heterocycles. The van der Waals surface area contributed by atoms with E-state index in [-0.39, 0.29) is 0 Å². The monoisotopic (exact) mass is 300 g/mol. The Hall–Kier alpha value is -1.31. The molecule has 0 unspecified atom stereocenters. The third-order valence-corrected chi connectivity index (χ3v) is 6.05. The molecule has 120 valence electrons. The zero-order valence-corrected chi connectivity index (χ0v) is 14.1. The summed E-state index contributed by atoms with van der Waals surface area (Å²) >= 11 is 0. The summed E-state index contributed by atoms with van der Waals surface area (Å²) in [7, 11) is 0. The van der Waals surface area contributed by atoms with Crippen LogP contribution in [0.5, 0.6) is 0 Å². The third-order valence-electron chi connectivity index (χ3n) is 6.05. The highest BCUT2D eigenvalue weighted by Crippen LogP contribution is 2.49. The molecular formula is C20H28O2.